The monoisotopic (exact) mass is 232 g/mol. The van der Waals surface area contributed by atoms with E-state index < -0.39 is 17.3 Å². The third-order valence-electron chi connectivity index (χ3n) is 2.74. The Balaban J connectivity index is 2.16. The normalized spacial score (nSPS) is 29.2. The standard InChI is InChI=1S/C11H11F3O2/c1-10(6-15)9(16-10)7-2-4-8(5-3-7)11(12,13)14/h2-5,9,15H,6H2,1H3/t9-,10-/m0/s1. The SMILES string of the molecule is C[C@@]1(CO)O[C@H]1c1ccc(C(F)(F)F)cc1. The molecule has 1 fully saturated rings. The number of aliphatic hydroxyl groups is 1. The van der Waals surface area contributed by atoms with Crippen molar-refractivity contribution < 1.29 is 23.0 Å². The first-order chi connectivity index (χ1) is 7.37. The summed E-state index contributed by atoms with van der Waals surface area (Å²) < 4.78 is 42.1. The molecule has 0 radical (unpaired) electrons. The van der Waals surface area contributed by atoms with Crippen molar-refractivity contribution in [3.05, 3.63) is 35.4 Å². The van der Waals surface area contributed by atoms with Gasteiger partial charge in [-0.3, -0.25) is 0 Å². The number of hydrogen-bond donors (Lipinski definition) is 1. The van der Waals surface area contributed by atoms with E-state index in [0.717, 1.165) is 12.1 Å². The molecular formula is C11H11F3O2. The van der Waals surface area contributed by atoms with E-state index in [9.17, 15) is 13.2 Å². The predicted molar refractivity (Wildman–Crippen MR) is 50.8 cm³/mol. The number of epoxide rings is 1. The number of ether oxygens (including phenoxy) is 1. The van der Waals surface area contributed by atoms with E-state index in [1.807, 2.05) is 0 Å². The van der Waals surface area contributed by atoms with Gasteiger partial charge in [-0.1, -0.05) is 12.1 Å². The van der Waals surface area contributed by atoms with Gasteiger partial charge >= 0.3 is 6.18 Å². The number of benzene rings is 1. The van der Waals surface area contributed by atoms with Gasteiger partial charge in [0.1, 0.15) is 11.7 Å². The summed E-state index contributed by atoms with van der Waals surface area (Å²) in [6.07, 6.45) is -4.62. The molecule has 0 unspecified atom stereocenters. The highest BCUT2D eigenvalue weighted by atomic mass is 19.4. The fraction of sp³-hybridized carbons (Fsp3) is 0.455. The molecular weight excluding hydrogens is 221 g/mol. The first-order valence-electron chi connectivity index (χ1n) is 4.83. The van der Waals surface area contributed by atoms with Crippen LogP contribution in [0.15, 0.2) is 24.3 Å². The Bertz CT molecular complexity index is 385. The molecule has 1 heterocycles. The van der Waals surface area contributed by atoms with E-state index in [-0.39, 0.29) is 12.7 Å². The van der Waals surface area contributed by atoms with Crippen LogP contribution in [0.2, 0.25) is 0 Å². The van der Waals surface area contributed by atoms with Crippen molar-refractivity contribution in [1.29, 1.82) is 0 Å². The van der Waals surface area contributed by atoms with Crippen LogP contribution in [0, 0.1) is 0 Å². The zero-order valence-electron chi connectivity index (χ0n) is 8.58. The second-order valence-corrected chi connectivity index (χ2v) is 4.09. The van der Waals surface area contributed by atoms with E-state index in [0.29, 0.717) is 5.56 Å². The largest absolute Gasteiger partial charge is 0.416 e. The Kier molecular flexibility index (Phi) is 2.47. The lowest BCUT2D eigenvalue weighted by molar-refractivity contribution is -0.137. The fourth-order valence-electron chi connectivity index (χ4n) is 1.62. The molecule has 1 aliphatic rings. The molecule has 88 valence electrons. The molecule has 0 aromatic heterocycles. The van der Waals surface area contributed by atoms with Gasteiger partial charge in [0.05, 0.1) is 12.2 Å². The number of aliphatic hydroxyl groups excluding tert-OH is 1. The summed E-state index contributed by atoms with van der Waals surface area (Å²) in [6.45, 7) is 1.58. The number of halogens is 3. The van der Waals surface area contributed by atoms with Gasteiger partial charge in [-0.15, -0.1) is 0 Å². The van der Waals surface area contributed by atoms with Gasteiger partial charge in [0.15, 0.2) is 0 Å². The number of hydrogen-bond acceptors (Lipinski definition) is 2. The van der Waals surface area contributed by atoms with E-state index in [1.165, 1.54) is 12.1 Å². The maximum absolute atomic E-state index is 12.3. The second kappa shape index (κ2) is 3.46. The lowest BCUT2D eigenvalue weighted by atomic mass is 10.0. The first kappa shape index (κ1) is 11.4. The molecule has 1 aromatic rings. The summed E-state index contributed by atoms with van der Waals surface area (Å²) in [4.78, 5) is 0. The Hall–Kier alpha value is -1.07. The van der Waals surface area contributed by atoms with Crippen LogP contribution in [0.25, 0.3) is 0 Å². The Morgan fingerprint density at radius 1 is 1.31 bits per heavy atom. The highest BCUT2D eigenvalue weighted by Gasteiger charge is 2.52. The van der Waals surface area contributed by atoms with Gasteiger partial charge in [-0.2, -0.15) is 13.2 Å². The van der Waals surface area contributed by atoms with Crippen LogP contribution < -0.4 is 0 Å². The number of rotatable bonds is 2. The second-order valence-electron chi connectivity index (χ2n) is 4.09. The molecule has 0 spiro atoms. The fourth-order valence-corrected chi connectivity index (χ4v) is 1.62. The number of alkyl halides is 3. The van der Waals surface area contributed by atoms with E-state index in [1.54, 1.807) is 6.92 Å². The van der Waals surface area contributed by atoms with Crippen LogP contribution in [0.4, 0.5) is 13.2 Å². The Morgan fingerprint density at radius 3 is 2.25 bits per heavy atom. The molecule has 0 saturated carbocycles. The molecule has 2 atom stereocenters. The van der Waals surface area contributed by atoms with Crippen LogP contribution >= 0.6 is 0 Å². The highest BCUT2D eigenvalue weighted by Crippen LogP contribution is 2.49. The third kappa shape index (κ3) is 1.92. The summed E-state index contributed by atoms with van der Waals surface area (Å²) in [5.41, 5.74) is -0.660. The molecule has 5 heteroatoms. The van der Waals surface area contributed by atoms with E-state index >= 15 is 0 Å². The summed E-state index contributed by atoms with van der Waals surface area (Å²) in [6, 6.07) is 4.81. The van der Waals surface area contributed by atoms with E-state index in [2.05, 4.69) is 0 Å². The Morgan fingerprint density at radius 2 is 1.88 bits per heavy atom. The minimum atomic E-state index is -4.32. The molecule has 2 rings (SSSR count). The summed E-state index contributed by atoms with van der Waals surface area (Å²) in [5.74, 6) is 0. The van der Waals surface area contributed by atoms with Crippen molar-refractivity contribution in [1.82, 2.24) is 0 Å². The molecule has 1 aliphatic heterocycles. The van der Waals surface area contributed by atoms with Gasteiger partial charge in [-0.05, 0) is 24.6 Å². The van der Waals surface area contributed by atoms with Crippen molar-refractivity contribution in [2.24, 2.45) is 0 Å². The van der Waals surface area contributed by atoms with Gasteiger partial charge in [0.25, 0.3) is 0 Å². The topological polar surface area (TPSA) is 32.8 Å². The molecule has 0 bridgehead atoms. The zero-order valence-corrected chi connectivity index (χ0v) is 8.58. The van der Waals surface area contributed by atoms with Gasteiger partial charge in [0, 0.05) is 0 Å². The molecule has 1 aromatic carbocycles. The molecule has 2 nitrogen and oxygen atoms in total. The van der Waals surface area contributed by atoms with Crippen molar-refractivity contribution in [3.8, 4) is 0 Å². The average molecular weight is 232 g/mol. The first-order valence-corrected chi connectivity index (χ1v) is 4.83. The molecule has 1 N–H and O–H groups in total. The van der Waals surface area contributed by atoms with Crippen molar-refractivity contribution in [2.75, 3.05) is 6.61 Å². The summed E-state index contributed by atoms with van der Waals surface area (Å²) >= 11 is 0. The summed E-state index contributed by atoms with van der Waals surface area (Å²) in [7, 11) is 0. The molecule has 1 saturated heterocycles. The van der Waals surface area contributed by atoms with Crippen molar-refractivity contribution in [2.45, 2.75) is 24.8 Å². The highest BCUT2D eigenvalue weighted by molar-refractivity contribution is 5.30. The molecule has 0 amide bonds. The van der Waals surface area contributed by atoms with Crippen LogP contribution in [0.1, 0.15) is 24.2 Å². The van der Waals surface area contributed by atoms with Crippen LogP contribution in [-0.2, 0) is 10.9 Å². The quantitative estimate of drug-likeness (QED) is 0.795. The maximum atomic E-state index is 12.3. The summed E-state index contributed by atoms with van der Waals surface area (Å²) in [5, 5.41) is 8.98. The van der Waals surface area contributed by atoms with Crippen LogP contribution in [0.3, 0.4) is 0 Å². The van der Waals surface area contributed by atoms with Crippen molar-refractivity contribution >= 4 is 0 Å². The minimum Gasteiger partial charge on any atom is -0.393 e. The third-order valence-corrected chi connectivity index (χ3v) is 2.74. The van der Waals surface area contributed by atoms with Gasteiger partial charge in [0.2, 0.25) is 0 Å². The van der Waals surface area contributed by atoms with Gasteiger partial charge in [-0.25, -0.2) is 0 Å². The minimum absolute atomic E-state index is 0.140. The van der Waals surface area contributed by atoms with Crippen LogP contribution in [-0.4, -0.2) is 17.3 Å². The predicted octanol–water partition coefficient (Wildman–Crippen LogP) is 2.53. The maximum Gasteiger partial charge on any atom is 0.416 e. The van der Waals surface area contributed by atoms with Crippen molar-refractivity contribution in [3.63, 3.8) is 0 Å². The average Bonchev–Trinajstić information content (AvgIpc) is 2.91. The zero-order chi connectivity index (χ0) is 12.0. The lowest BCUT2D eigenvalue weighted by Gasteiger charge is -2.07. The van der Waals surface area contributed by atoms with Crippen LogP contribution in [0.5, 0.6) is 0 Å². The smallest absolute Gasteiger partial charge is 0.393 e. The molecule has 16 heavy (non-hydrogen) atoms. The lowest BCUT2D eigenvalue weighted by Crippen LogP contribution is -2.12. The van der Waals surface area contributed by atoms with E-state index in [4.69, 9.17) is 9.84 Å². The van der Waals surface area contributed by atoms with Gasteiger partial charge < -0.3 is 9.84 Å². The molecule has 0 aliphatic carbocycles. The Labute approximate surface area is 90.7 Å².